The number of guanidine groups is 1. The van der Waals surface area contributed by atoms with Crippen LogP contribution in [0, 0.1) is 0 Å². The van der Waals surface area contributed by atoms with E-state index in [-0.39, 0.29) is 0 Å². The van der Waals surface area contributed by atoms with Crippen LogP contribution in [0.2, 0.25) is 0 Å². The summed E-state index contributed by atoms with van der Waals surface area (Å²) >= 11 is 1.83. The maximum absolute atomic E-state index is 4.43. The zero-order valence-electron chi connectivity index (χ0n) is 15.8. The SMILES string of the molecule is CCC(CNC(=NC)NC1CCN(c2cccs2)CC1)c1ccccc1. The summed E-state index contributed by atoms with van der Waals surface area (Å²) in [7, 11) is 1.86. The van der Waals surface area contributed by atoms with Crippen LogP contribution in [0.5, 0.6) is 0 Å². The van der Waals surface area contributed by atoms with Gasteiger partial charge in [0.1, 0.15) is 0 Å². The topological polar surface area (TPSA) is 39.7 Å². The number of thiophene rings is 1. The van der Waals surface area contributed by atoms with E-state index >= 15 is 0 Å². The van der Waals surface area contributed by atoms with Crippen molar-refractivity contribution in [3.8, 4) is 0 Å². The molecule has 1 aliphatic rings. The summed E-state index contributed by atoms with van der Waals surface area (Å²) in [6.45, 7) is 5.37. The highest BCUT2D eigenvalue weighted by Crippen LogP contribution is 2.24. The molecule has 0 spiro atoms. The van der Waals surface area contributed by atoms with Gasteiger partial charge in [0.15, 0.2) is 5.96 Å². The van der Waals surface area contributed by atoms with Crippen LogP contribution in [0.25, 0.3) is 0 Å². The van der Waals surface area contributed by atoms with E-state index in [9.17, 15) is 0 Å². The van der Waals surface area contributed by atoms with Crippen LogP contribution in [-0.2, 0) is 0 Å². The lowest BCUT2D eigenvalue weighted by molar-refractivity contribution is 0.461. The third kappa shape index (κ3) is 5.01. The molecular weight excluding hydrogens is 340 g/mol. The molecule has 0 bridgehead atoms. The van der Waals surface area contributed by atoms with Gasteiger partial charge in [-0.15, -0.1) is 11.3 Å². The van der Waals surface area contributed by atoms with Gasteiger partial charge in [-0.3, -0.25) is 4.99 Å². The summed E-state index contributed by atoms with van der Waals surface area (Å²) in [4.78, 5) is 6.92. The van der Waals surface area contributed by atoms with Crippen LogP contribution in [0.1, 0.15) is 37.7 Å². The van der Waals surface area contributed by atoms with Gasteiger partial charge in [-0.1, -0.05) is 37.3 Å². The Labute approximate surface area is 161 Å². The standard InChI is InChI=1S/C21H30N4S/c1-3-17(18-8-5-4-6-9-18)16-23-21(22-2)24-19-11-13-25(14-12-19)20-10-7-15-26-20/h4-10,15,17,19H,3,11-14,16H2,1-2H3,(H2,22,23,24). The highest BCUT2D eigenvalue weighted by atomic mass is 32.1. The van der Waals surface area contributed by atoms with Crippen molar-refractivity contribution in [2.45, 2.75) is 38.1 Å². The van der Waals surface area contributed by atoms with Gasteiger partial charge in [-0.05, 0) is 42.3 Å². The Kier molecular flexibility index (Phi) is 6.95. The van der Waals surface area contributed by atoms with E-state index < -0.39 is 0 Å². The summed E-state index contributed by atoms with van der Waals surface area (Å²) in [5, 5.41) is 10.7. The maximum Gasteiger partial charge on any atom is 0.191 e. The summed E-state index contributed by atoms with van der Waals surface area (Å²) < 4.78 is 0. The summed E-state index contributed by atoms with van der Waals surface area (Å²) in [5.74, 6) is 1.43. The normalized spacial score (nSPS) is 17.2. The van der Waals surface area contributed by atoms with Crippen LogP contribution in [0.3, 0.4) is 0 Å². The minimum Gasteiger partial charge on any atom is -0.363 e. The van der Waals surface area contributed by atoms with E-state index in [0.29, 0.717) is 12.0 Å². The van der Waals surface area contributed by atoms with Gasteiger partial charge in [-0.25, -0.2) is 0 Å². The fourth-order valence-electron chi connectivity index (χ4n) is 3.52. The lowest BCUT2D eigenvalue weighted by atomic mass is 9.96. The molecule has 1 saturated heterocycles. The Morgan fingerprint density at radius 1 is 1.19 bits per heavy atom. The molecule has 1 atom stereocenters. The zero-order valence-corrected chi connectivity index (χ0v) is 16.6. The molecule has 0 radical (unpaired) electrons. The highest BCUT2D eigenvalue weighted by Gasteiger charge is 2.21. The van der Waals surface area contributed by atoms with E-state index in [1.54, 1.807) is 0 Å². The predicted octanol–water partition coefficient (Wildman–Crippen LogP) is 4.08. The quantitative estimate of drug-likeness (QED) is 0.595. The van der Waals surface area contributed by atoms with Crippen molar-refractivity contribution in [2.75, 3.05) is 31.6 Å². The smallest absolute Gasteiger partial charge is 0.191 e. The molecule has 5 heteroatoms. The van der Waals surface area contributed by atoms with Gasteiger partial charge in [-0.2, -0.15) is 0 Å². The Morgan fingerprint density at radius 2 is 1.96 bits per heavy atom. The Hall–Kier alpha value is -2.01. The van der Waals surface area contributed by atoms with Crippen molar-refractivity contribution in [3.63, 3.8) is 0 Å². The number of piperidine rings is 1. The Morgan fingerprint density at radius 3 is 2.58 bits per heavy atom. The lowest BCUT2D eigenvalue weighted by Crippen LogP contribution is -2.49. The molecule has 0 saturated carbocycles. The van der Waals surface area contributed by atoms with Gasteiger partial charge in [0.25, 0.3) is 0 Å². The number of anilines is 1. The average molecular weight is 371 g/mol. The average Bonchev–Trinajstić information content (AvgIpc) is 3.23. The second-order valence-corrected chi connectivity index (χ2v) is 7.75. The molecule has 2 N–H and O–H groups in total. The molecule has 1 aliphatic heterocycles. The Balaban J connectivity index is 1.46. The van der Waals surface area contributed by atoms with Gasteiger partial charge in [0.05, 0.1) is 5.00 Å². The summed E-state index contributed by atoms with van der Waals surface area (Å²) in [6.07, 6.45) is 3.41. The molecule has 1 unspecified atom stereocenters. The van der Waals surface area contributed by atoms with Crippen molar-refractivity contribution in [1.82, 2.24) is 10.6 Å². The number of hydrogen-bond donors (Lipinski definition) is 2. The number of rotatable bonds is 6. The third-order valence-corrected chi connectivity index (χ3v) is 6.09. The van der Waals surface area contributed by atoms with Crippen molar-refractivity contribution in [2.24, 2.45) is 4.99 Å². The first-order valence-electron chi connectivity index (χ1n) is 9.60. The lowest BCUT2D eigenvalue weighted by Gasteiger charge is -2.33. The van der Waals surface area contributed by atoms with E-state index in [4.69, 9.17) is 0 Å². The molecule has 26 heavy (non-hydrogen) atoms. The first-order chi connectivity index (χ1) is 12.8. The van der Waals surface area contributed by atoms with Crippen molar-refractivity contribution in [1.29, 1.82) is 0 Å². The zero-order chi connectivity index (χ0) is 18.2. The second kappa shape index (κ2) is 9.62. The van der Waals surface area contributed by atoms with Gasteiger partial charge in [0, 0.05) is 38.6 Å². The van der Waals surface area contributed by atoms with Crippen LogP contribution in [0.4, 0.5) is 5.00 Å². The van der Waals surface area contributed by atoms with Crippen molar-refractivity contribution in [3.05, 3.63) is 53.4 Å². The monoisotopic (exact) mass is 370 g/mol. The third-order valence-electron chi connectivity index (χ3n) is 5.16. The van der Waals surface area contributed by atoms with Crippen molar-refractivity contribution < 1.29 is 0 Å². The minimum atomic E-state index is 0.495. The molecule has 1 aromatic carbocycles. The maximum atomic E-state index is 4.43. The van der Waals surface area contributed by atoms with Crippen LogP contribution in [0.15, 0.2) is 52.8 Å². The molecule has 2 heterocycles. The summed E-state index contributed by atoms with van der Waals surface area (Å²) in [5.41, 5.74) is 1.39. The fraction of sp³-hybridized carbons (Fsp3) is 0.476. The van der Waals surface area contributed by atoms with E-state index in [0.717, 1.165) is 44.9 Å². The Bertz CT molecular complexity index is 661. The van der Waals surface area contributed by atoms with Gasteiger partial charge in [0.2, 0.25) is 0 Å². The molecule has 4 nitrogen and oxygen atoms in total. The van der Waals surface area contributed by atoms with E-state index in [1.807, 2.05) is 18.4 Å². The van der Waals surface area contributed by atoms with E-state index in [2.05, 4.69) is 75.3 Å². The first-order valence-corrected chi connectivity index (χ1v) is 10.5. The number of nitrogens with zero attached hydrogens (tertiary/aromatic N) is 2. The van der Waals surface area contributed by atoms with Crippen molar-refractivity contribution >= 4 is 22.3 Å². The molecule has 140 valence electrons. The number of hydrogen-bond acceptors (Lipinski definition) is 3. The van der Waals surface area contributed by atoms with Crippen LogP contribution < -0.4 is 15.5 Å². The molecule has 2 aromatic rings. The largest absolute Gasteiger partial charge is 0.363 e. The van der Waals surface area contributed by atoms with Gasteiger partial charge >= 0.3 is 0 Å². The number of benzene rings is 1. The fourth-order valence-corrected chi connectivity index (χ4v) is 4.31. The molecule has 0 aliphatic carbocycles. The summed E-state index contributed by atoms with van der Waals surface area (Å²) in [6, 6.07) is 15.6. The van der Waals surface area contributed by atoms with Crippen LogP contribution >= 0.6 is 11.3 Å². The predicted molar refractivity (Wildman–Crippen MR) is 114 cm³/mol. The minimum absolute atomic E-state index is 0.495. The molecule has 0 amide bonds. The van der Waals surface area contributed by atoms with E-state index in [1.165, 1.54) is 10.6 Å². The highest BCUT2D eigenvalue weighted by molar-refractivity contribution is 7.14. The molecule has 1 aromatic heterocycles. The number of nitrogens with one attached hydrogen (secondary N) is 2. The molecule has 3 rings (SSSR count). The van der Waals surface area contributed by atoms with Gasteiger partial charge < -0.3 is 15.5 Å². The molecular formula is C21H30N4S. The van der Waals surface area contributed by atoms with Crippen LogP contribution in [-0.4, -0.2) is 38.7 Å². The molecule has 1 fully saturated rings. The number of aliphatic imine (C=N–C) groups is 1. The first kappa shape index (κ1) is 18.8. The second-order valence-electron chi connectivity index (χ2n) is 6.83.